The number of nitrogens with two attached hydrogens (primary N) is 1. The Hall–Kier alpha value is -2.25. The van der Waals surface area contributed by atoms with Crippen LogP contribution in [0.4, 0.5) is 18.9 Å². The zero-order valence-electron chi connectivity index (χ0n) is 11.3. The van der Waals surface area contributed by atoms with E-state index in [0.29, 0.717) is 11.3 Å². The molecule has 1 aromatic carbocycles. The van der Waals surface area contributed by atoms with Crippen LogP contribution in [0.5, 0.6) is 0 Å². The van der Waals surface area contributed by atoms with Crippen molar-refractivity contribution in [3.05, 3.63) is 29.8 Å². The molecule has 2 amide bonds. The third-order valence-electron chi connectivity index (χ3n) is 2.53. The predicted octanol–water partition coefficient (Wildman–Crippen LogP) is 1.46. The molecule has 116 valence electrons. The third-order valence-corrected chi connectivity index (χ3v) is 2.53. The zero-order valence-corrected chi connectivity index (χ0v) is 11.3. The first-order valence-electron chi connectivity index (χ1n) is 6.17. The van der Waals surface area contributed by atoms with Crippen molar-refractivity contribution in [1.29, 1.82) is 0 Å². The maximum absolute atomic E-state index is 12.1. The lowest BCUT2D eigenvalue weighted by atomic mass is 10.2. The van der Waals surface area contributed by atoms with Crippen LogP contribution >= 0.6 is 0 Å². The number of amides is 2. The van der Waals surface area contributed by atoms with Crippen LogP contribution in [0, 0.1) is 0 Å². The standard InChI is InChI=1S/C13H16F3N3O2/c1-8(6-13(14,15)16)19-11(20)7-18-12(21)9-2-4-10(17)5-3-9/h2-5,8H,6-7,17H2,1H3,(H,18,21)(H,19,20). The lowest BCUT2D eigenvalue weighted by Gasteiger charge is -2.16. The molecule has 0 radical (unpaired) electrons. The first kappa shape index (κ1) is 16.8. The van der Waals surface area contributed by atoms with Gasteiger partial charge in [-0.2, -0.15) is 13.2 Å². The highest BCUT2D eigenvalue weighted by atomic mass is 19.4. The van der Waals surface area contributed by atoms with Crippen molar-refractivity contribution in [2.75, 3.05) is 12.3 Å². The van der Waals surface area contributed by atoms with Gasteiger partial charge in [0, 0.05) is 17.3 Å². The van der Waals surface area contributed by atoms with Crippen LogP contribution in [0.15, 0.2) is 24.3 Å². The summed E-state index contributed by atoms with van der Waals surface area (Å²) in [5.41, 5.74) is 6.26. The Morgan fingerprint density at radius 3 is 2.33 bits per heavy atom. The Labute approximate surface area is 119 Å². The molecule has 0 aliphatic rings. The quantitative estimate of drug-likeness (QED) is 0.720. The van der Waals surface area contributed by atoms with E-state index in [1.54, 1.807) is 0 Å². The molecule has 0 saturated heterocycles. The van der Waals surface area contributed by atoms with Gasteiger partial charge in [0.25, 0.3) is 5.91 Å². The number of hydrogen-bond acceptors (Lipinski definition) is 3. The SMILES string of the molecule is CC(CC(F)(F)F)NC(=O)CNC(=O)c1ccc(N)cc1. The van der Waals surface area contributed by atoms with Gasteiger partial charge in [0.15, 0.2) is 0 Å². The summed E-state index contributed by atoms with van der Waals surface area (Å²) in [5, 5.41) is 4.47. The first-order valence-corrected chi connectivity index (χ1v) is 6.17. The number of halogens is 3. The smallest absolute Gasteiger partial charge is 0.391 e. The Kier molecular flexibility index (Phi) is 5.57. The molecule has 0 aliphatic carbocycles. The van der Waals surface area contributed by atoms with Gasteiger partial charge in [-0.1, -0.05) is 0 Å². The molecule has 0 bridgehead atoms. The van der Waals surface area contributed by atoms with Crippen molar-refractivity contribution >= 4 is 17.5 Å². The van der Waals surface area contributed by atoms with Crippen LogP contribution < -0.4 is 16.4 Å². The summed E-state index contributed by atoms with van der Waals surface area (Å²) in [6.07, 6.45) is -5.47. The topological polar surface area (TPSA) is 84.2 Å². The van der Waals surface area contributed by atoms with E-state index in [0.717, 1.165) is 0 Å². The monoisotopic (exact) mass is 303 g/mol. The van der Waals surface area contributed by atoms with E-state index in [1.807, 2.05) is 0 Å². The van der Waals surface area contributed by atoms with Gasteiger partial charge in [-0.25, -0.2) is 0 Å². The van der Waals surface area contributed by atoms with Gasteiger partial charge in [-0.3, -0.25) is 9.59 Å². The number of nitrogen functional groups attached to an aromatic ring is 1. The van der Waals surface area contributed by atoms with Crippen LogP contribution in [0.2, 0.25) is 0 Å². The Morgan fingerprint density at radius 2 is 1.81 bits per heavy atom. The molecule has 1 unspecified atom stereocenters. The van der Waals surface area contributed by atoms with E-state index in [4.69, 9.17) is 5.73 Å². The van der Waals surface area contributed by atoms with Gasteiger partial charge in [-0.05, 0) is 31.2 Å². The van der Waals surface area contributed by atoms with Crippen LogP contribution in [-0.2, 0) is 4.79 Å². The normalized spacial score (nSPS) is 12.6. The van der Waals surface area contributed by atoms with Crippen LogP contribution in [-0.4, -0.2) is 30.6 Å². The molecule has 1 rings (SSSR count). The number of benzene rings is 1. The summed E-state index contributed by atoms with van der Waals surface area (Å²) in [4.78, 5) is 23.1. The Balaban J connectivity index is 2.39. The molecule has 1 atom stereocenters. The number of anilines is 1. The largest absolute Gasteiger partial charge is 0.399 e. The van der Waals surface area contributed by atoms with E-state index in [9.17, 15) is 22.8 Å². The van der Waals surface area contributed by atoms with Gasteiger partial charge in [0.1, 0.15) is 0 Å². The minimum absolute atomic E-state index is 0.306. The van der Waals surface area contributed by atoms with Gasteiger partial charge in [0.05, 0.1) is 13.0 Å². The number of rotatable bonds is 5. The summed E-state index contributed by atoms with van der Waals surface area (Å²) < 4.78 is 36.3. The van der Waals surface area contributed by atoms with E-state index in [-0.39, 0.29) is 0 Å². The van der Waals surface area contributed by atoms with Crippen LogP contribution in [0.3, 0.4) is 0 Å². The minimum atomic E-state index is -4.35. The van der Waals surface area contributed by atoms with Crippen molar-refractivity contribution < 1.29 is 22.8 Å². The summed E-state index contributed by atoms with van der Waals surface area (Å²) in [6, 6.07) is 4.97. The fraction of sp³-hybridized carbons (Fsp3) is 0.385. The molecule has 0 aromatic heterocycles. The van der Waals surface area contributed by atoms with Crippen LogP contribution in [0.1, 0.15) is 23.7 Å². The molecule has 0 aliphatic heterocycles. The zero-order chi connectivity index (χ0) is 16.0. The van der Waals surface area contributed by atoms with Crippen LogP contribution in [0.25, 0.3) is 0 Å². The average molecular weight is 303 g/mol. The summed E-state index contributed by atoms with van der Waals surface area (Å²) >= 11 is 0. The van der Waals surface area contributed by atoms with Crippen molar-refractivity contribution in [3.8, 4) is 0 Å². The predicted molar refractivity (Wildman–Crippen MR) is 71.5 cm³/mol. The lowest BCUT2D eigenvalue weighted by molar-refractivity contribution is -0.141. The number of alkyl halides is 3. The fourth-order valence-corrected chi connectivity index (χ4v) is 1.62. The van der Waals surface area contributed by atoms with Crippen molar-refractivity contribution in [3.63, 3.8) is 0 Å². The Bertz CT molecular complexity index is 500. The molecule has 0 fully saturated rings. The molecule has 8 heteroatoms. The molecule has 1 aromatic rings. The van der Waals surface area contributed by atoms with Gasteiger partial charge >= 0.3 is 6.18 Å². The van der Waals surface area contributed by atoms with E-state index >= 15 is 0 Å². The second-order valence-corrected chi connectivity index (χ2v) is 4.59. The van der Waals surface area contributed by atoms with Crippen molar-refractivity contribution in [2.24, 2.45) is 0 Å². The van der Waals surface area contributed by atoms with Gasteiger partial charge in [0.2, 0.25) is 5.91 Å². The highest BCUT2D eigenvalue weighted by Gasteiger charge is 2.30. The summed E-state index contributed by atoms with van der Waals surface area (Å²) in [5.74, 6) is -1.19. The van der Waals surface area contributed by atoms with E-state index < -0.39 is 37.0 Å². The van der Waals surface area contributed by atoms with Crippen molar-refractivity contribution in [1.82, 2.24) is 10.6 Å². The fourth-order valence-electron chi connectivity index (χ4n) is 1.62. The number of carbonyl (C=O) groups excluding carboxylic acids is 2. The summed E-state index contributed by atoms with van der Waals surface area (Å²) in [7, 11) is 0. The lowest BCUT2D eigenvalue weighted by Crippen LogP contribution is -2.42. The van der Waals surface area contributed by atoms with E-state index in [2.05, 4.69) is 10.6 Å². The van der Waals surface area contributed by atoms with Crippen molar-refractivity contribution in [2.45, 2.75) is 25.6 Å². The Morgan fingerprint density at radius 1 is 1.24 bits per heavy atom. The number of nitrogens with one attached hydrogen (secondary N) is 2. The molecular weight excluding hydrogens is 287 g/mol. The minimum Gasteiger partial charge on any atom is -0.399 e. The maximum Gasteiger partial charge on any atom is 0.391 e. The highest BCUT2D eigenvalue weighted by Crippen LogP contribution is 2.21. The molecule has 0 spiro atoms. The van der Waals surface area contributed by atoms with Gasteiger partial charge in [-0.15, -0.1) is 0 Å². The van der Waals surface area contributed by atoms with Gasteiger partial charge < -0.3 is 16.4 Å². The molecule has 0 heterocycles. The molecule has 4 N–H and O–H groups in total. The molecular formula is C13H16F3N3O2. The first-order chi connectivity index (χ1) is 9.67. The highest BCUT2D eigenvalue weighted by molar-refractivity contribution is 5.96. The molecule has 21 heavy (non-hydrogen) atoms. The number of carbonyl (C=O) groups is 2. The second kappa shape index (κ2) is 6.96. The second-order valence-electron chi connectivity index (χ2n) is 4.59. The third kappa shape index (κ3) is 6.64. The molecule has 5 nitrogen and oxygen atoms in total. The molecule has 0 saturated carbocycles. The maximum atomic E-state index is 12.1. The average Bonchev–Trinajstić information content (AvgIpc) is 2.34. The summed E-state index contributed by atoms with van der Waals surface area (Å²) in [6.45, 7) is 0.846. The number of hydrogen-bond donors (Lipinski definition) is 3. The van der Waals surface area contributed by atoms with E-state index in [1.165, 1.54) is 31.2 Å².